The molecule has 1 atom stereocenters. The predicted octanol–water partition coefficient (Wildman–Crippen LogP) is 2.88. The average molecular weight is 318 g/mol. The molecule has 6 heteroatoms. The number of nitrogens with zero attached hydrogens (tertiary/aromatic N) is 1. The van der Waals surface area contributed by atoms with E-state index in [-0.39, 0.29) is 24.0 Å². The van der Waals surface area contributed by atoms with Gasteiger partial charge in [-0.25, -0.2) is 0 Å². The van der Waals surface area contributed by atoms with Crippen LogP contribution in [0.2, 0.25) is 0 Å². The molecule has 22 heavy (non-hydrogen) atoms. The van der Waals surface area contributed by atoms with Gasteiger partial charge in [0, 0.05) is 12.3 Å². The summed E-state index contributed by atoms with van der Waals surface area (Å²) in [6.45, 7) is 2.05. The Hall–Kier alpha value is -2.13. The number of rotatable bonds is 5. The van der Waals surface area contributed by atoms with Crippen molar-refractivity contribution in [1.29, 1.82) is 5.26 Å². The Morgan fingerprint density at radius 1 is 1.55 bits per heavy atom. The van der Waals surface area contributed by atoms with Gasteiger partial charge in [-0.1, -0.05) is 13.0 Å². The van der Waals surface area contributed by atoms with Gasteiger partial charge in [-0.15, -0.1) is 11.8 Å². The Labute approximate surface area is 134 Å². The third-order valence-corrected chi connectivity index (χ3v) is 4.64. The van der Waals surface area contributed by atoms with Crippen molar-refractivity contribution in [1.82, 2.24) is 5.32 Å². The van der Waals surface area contributed by atoms with Crippen LogP contribution in [-0.2, 0) is 4.79 Å². The summed E-state index contributed by atoms with van der Waals surface area (Å²) in [6, 6.07) is 7.15. The van der Waals surface area contributed by atoms with E-state index in [1.807, 2.05) is 6.92 Å². The fraction of sp³-hybridized carbons (Fsp3) is 0.375. The average Bonchev–Trinajstić information content (AvgIpc) is 2.52. The predicted molar refractivity (Wildman–Crippen MR) is 85.5 cm³/mol. The van der Waals surface area contributed by atoms with Crippen LogP contribution < -0.4 is 10.1 Å². The lowest BCUT2D eigenvalue weighted by Crippen LogP contribution is -2.30. The molecular formula is C16H18N2O3S. The number of nitriles is 1. The molecule has 2 rings (SSSR count). The number of hydrogen-bond donors (Lipinski definition) is 2. The number of benzene rings is 1. The van der Waals surface area contributed by atoms with E-state index in [0.717, 1.165) is 17.7 Å². The summed E-state index contributed by atoms with van der Waals surface area (Å²) in [7, 11) is 1.47. The molecule has 1 aliphatic heterocycles. The number of hydrogen-bond acceptors (Lipinski definition) is 5. The second-order valence-corrected chi connectivity index (χ2v) is 6.04. The standard InChI is InChI=1S/C16H18N2O3S/c1-3-6-22-16-12(9-17)11(8-15(20)18-16)10-4-5-13(19)14(7-10)21-2/h4-5,7,11,19H,3,6,8H2,1-2H3,(H,18,20)/t11-/m1/s1. The van der Waals surface area contributed by atoms with Gasteiger partial charge in [0.1, 0.15) is 0 Å². The van der Waals surface area contributed by atoms with E-state index >= 15 is 0 Å². The Morgan fingerprint density at radius 2 is 2.32 bits per heavy atom. The van der Waals surface area contributed by atoms with E-state index in [4.69, 9.17) is 4.74 Å². The van der Waals surface area contributed by atoms with Crippen molar-refractivity contribution >= 4 is 17.7 Å². The van der Waals surface area contributed by atoms with Crippen molar-refractivity contribution in [2.24, 2.45) is 0 Å². The van der Waals surface area contributed by atoms with Crippen LogP contribution in [0.5, 0.6) is 11.5 Å². The van der Waals surface area contributed by atoms with Crippen LogP contribution in [0.15, 0.2) is 28.8 Å². The first-order chi connectivity index (χ1) is 10.6. The van der Waals surface area contributed by atoms with E-state index in [2.05, 4.69) is 11.4 Å². The maximum Gasteiger partial charge on any atom is 0.225 e. The van der Waals surface area contributed by atoms with Gasteiger partial charge in [-0.05, 0) is 29.9 Å². The monoisotopic (exact) mass is 318 g/mol. The summed E-state index contributed by atoms with van der Waals surface area (Å²) in [5, 5.41) is 22.6. The van der Waals surface area contributed by atoms with Crippen LogP contribution in [0.1, 0.15) is 31.2 Å². The van der Waals surface area contributed by atoms with Crippen molar-refractivity contribution in [3.8, 4) is 17.6 Å². The number of amides is 1. The maximum absolute atomic E-state index is 12.0. The van der Waals surface area contributed by atoms with E-state index in [1.54, 1.807) is 12.1 Å². The first-order valence-electron chi connectivity index (χ1n) is 7.04. The summed E-state index contributed by atoms with van der Waals surface area (Å²) >= 11 is 1.49. The van der Waals surface area contributed by atoms with Gasteiger partial charge >= 0.3 is 0 Å². The van der Waals surface area contributed by atoms with Crippen LogP contribution in [0.4, 0.5) is 0 Å². The zero-order valence-electron chi connectivity index (χ0n) is 12.5. The number of carbonyl (C=O) groups is 1. The van der Waals surface area contributed by atoms with Crippen LogP contribution in [0, 0.1) is 11.3 Å². The molecular weight excluding hydrogens is 300 g/mol. The van der Waals surface area contributed by atoms with E-state index in [0.29, 0.717) is 16.4 Å². The van der Waals surface area contributed by atoms with Crippen LogP contribution >= 0.6 is 11.8 Å². The molecule has 1 heterocycles. The molecule has 0 aliphatic carbocycles. The van der Waals surface area contributed by atoms with Crippen molar-refractivity contribution in [3.05, 3.63) is 34.4 Å². The molecule has 5 nitrogen and oxygen atoms in total. The van der Waals surface area contributed by atoms with Gasteiger partial charge in [-0.2, -0.15) is 5.26 Å². The Balaban J connectivity index is 2.43. The molecule has 0 bridgehead atoms. The first kappa shape index (κ1) is 16.2. The van der Waals surface area contributed by atoms with Crippen LogP contribution in [0.3, 0.4) is 0 Å². The van der Waals surface area contributed by atoms with E-state index in [9.17, 15) is 15.2 Å². The minimum atomic E-state index is -0.312. The number of aromatic hydroxyl groups is 1. The summed E-state index contributed by atoms with van der Waals surface area (Å²) in [6.07, 6.45) is 1.17. The van der Waals surface area contributed by atoms with Gasteiger partial charge in [-0.3, -0.25) is 4.79 Å². The van der Waals surface area contributed by atoms with Crippen molar-refractivity contribution in [3.63, 3.8) is 0 Å². The maximum atomic E-state index is 12.0. The van der Waals surface area contributed by atoms with Crippen molar-refractivity contribution in [2.75, 3.05) is 12.9 Å². The number of thioether (sulfide) groups is 1. The lowest BCUT2D eigenvalue weighted by molar-refractivity contribution is -0.120. The second kappa shape index (κ2) is 7.23. The molecule has 0 saturated carbocycles. The molecule has 0 saturated heterocycles. The number of phenols is 1. The fourth-order valence-corrected chi connectivity index (χ4v) is 3.27. The number of nitrogens with one attached hydrogen (secondary N) is 1. The van der Waals surface area contributed by atoms with E-state index < -0.39 is 0 Å². The molecule has 2 N–H and O–H groups in total. The normalized spacial score (nSPS) is 17.9. The molecule has 1 aromatic rings. The molecule has 0 unspecified atom stereocenters. The van der Waals surface area contributed by atoms with Gasteiger partial charge < -0.3 is 15.2 Å². The highest BCUT2D eigenvalue weighted by Gasteiger charge is 2.29. The Kier molecular flexibility index (Phi) is 5.34. The molecule has 116 valence electrons. The quantitative estimate of drug-likeness (QED) is 0.872. The van der Waals surface area contributed by atoms with Gasteiger partial charge in [0.2, 0.25) is 5.91 Å². The number of ether oxygens (including phenoxy) is 1. The molecule has 0 aromatic heterocycles. The SMILES string of the molecule is CCCSC1=C(C#N)[C@@H](c2ccc(O)c(OC)c2)CC(=O)N1. The van der Waals surface area contributed by atoms with Crippen molar-refractivity contribution in [2.45, 2.75) is 25.7 Å². The summed E-state index contributed by atoms with van der Waals surface area (Å²) in [4.78, 5) is 12.0. The van der Waals surface area contributed by atoms with Crippen LogP contribution in [-0.4, -0.2) is 23.9 Å². The largest absolute Gasteiger partial charge is 0.504 e. The molecule has 0 fully saturated rings. The molecule has 1 aromatic carbocycles. The summed E-state index contributed by atoms with van der Waals surface area (Å²) < 4.78 is 5.11. The lowest BCUT2D eigenvalue weighted by atomic mass is 9.87. The third-order valence-electron chi connectivity index (χ3n) is 3.41. The van der Waals surface area contributed by atoms with Gasteiger partial charge in [0.15, 0.2) is 11.5 Å². The zero-order chi connectivity index (χ0) is 16.1. The summed E-state index contributed by atoms with van der Waals surface area (Å²) in [5.74, 6) is 0.798. The molecule has 1 amide bonds. The highest BCUT2D eigenvalue weighted by Crippen LogP contribution is 2.38. The minimum absolute atomic E-state index is 0.0366. The highest BCUT2D eigenvalue weighted by atomic mass is 32.2. The number of phenolic OH excluding ortho intramolecular Hbond substituents is 1. The van der Waals surface area contributed by atoms with Crippen LogP contribution in [0.25, 0.3) is 0 Å². The van der Waals surface area contributed by atoms with Gasteiger partial charge in [0.05, 0.1) is 23.8 Å². The smallest absolute Gasteiger partial charge is 0.225 e. The number of methoxy groups -OCH3 is 1. The minimum Gasteiger partial charge on any atom is -0.504 e. The third kappa shape index (κ3) is 3.37. The lowest BCUT2D eigenvalue weighted by Gasteiger charge is -2.25. The Bertz CT molecular complexity index is 649. The van der Waals surface area contributed by atoms with E-state index in [1.165, 1.54) is 24.9 Å². The Morgan fingerprint density at radius 3 is 2.95 bits per heavy atom. The second-order valence-electron chi connectivity index (χ2n) is 4.94. The first-order valence-corrected chi connectivity index (χ1v) is 8.03. The summed E-state index contributed by atoms with van der Waals surface area (Å²) in [5.41, 5.74) is 1.35. The number of carbonyl (C=O) groups excluding carboxylic acids is 1. The zero-order valence-corrected chi connectivity index (χ0v) is 13.4. The fourth-order valence-electron chi connectivity index (χ4n) is 2.33. The van der Waals surface area contributed by atoms with Gasteiger partial charge in [0.25, 0.3) is 0 Å². The molecule has 0 spiro atoms. The topological polar surface area (TPSA) is 82.3 Å². The highest BCUT2D eigenvalue weighted by molar-refractivity contribution is 8.03. The van der Waals surface area contributed by atoms with Crippen molar-refractivity contribution < 1.29 is 14.6 Å². The number of allylic oxidation sites excluding steroid dienone is 1. The molecule has 1 aliphatic rings. The molecule has 0 radical (unpaired) electrons.